The van der Waals surface area contributed by atoms with Crippen LogP contribution in [0, 0.1) is 5.82 Å². The quantitative estimate of drug-likeness (QED) is 0.919. The number of carbonyl (C=O) groups excluding carboxylic acids is 1. The Morgan fingerprint density at radius 2 is 2.05 bits per heavy atom. The van der Waals surface area contributed by atoms with Gasteiger partial charge in [0.15, 0.2) is 0 Å². The van der Waals surface area contributed by atoms with Crippen molar-refractivity contribution in [2.75, 3.05) is 26.2 Å². The monoisotopic (exact) mass is 299 g/mol. The molecule has 110 valence electrons. The zero-order valence-electron chi connectivity index (χ0n) is 11.5. The number of benzene rings is 1. The fourth-order valence-electron chi connectivity index (χ4n) is 2.32. The Bertz CT molecular complexity index is 467. The molecule has 4 nitrogen and oxygen atoms in total. The fourth-order valence-corrected chi connectivity index (χ4v) is 2.54. The highest BCUT2D eigenvalue weighted by molar-refractivity contribution is 6.31. The van der Waals surface area contributed by atoms with Crippen molar-refractivity contribution in [3.05, 3.63) is 34.6 Å². The molecule has 0 aromatic heterocycles. The second-order valence-electron chi connectivity index (χ2n) is 5.09. The lowest BCUT2D eigenvalue weighted by Gasteiger charge is -2.35. The Balaban J connectivity index is 1.93. The van der Waals surface area contributed by atoms with Gasteiger partial charge in [-0.1, -0.05) is 17.7 Å². The van der Waals surface area contributed by atoms with E-state index >= 15 is 0 Å². The summed E-state index contributed by atoms with van der Waals surface area (Å²) in [4.78, 5) is 15.6. The van der Waals surface area contributed by atoms with Gasteiger partial charge in [-0.3, -0.25) is 9.69 Å². The van der Waals surface area contributed by atoms with Gasteiger partial charge in [-0.15, -0.1) is 0 Å². The summed E-state index contributed by atoms with van der Waals surface area (Å²) >= 11 is 6.02. The molecule has 0 bridgehead atoms. The zero-order chi connectivity index (χ0) is 14.7. The minimum absolute atomic E-state index is 0.0337. The van der Waals surface area contributed by atoms with Gasteiger partial charge in [-0.25, -0.2) is 4.39 Å². The van der Waals surface area contributed by atoms with Gasteiger partial charge in [0.25, 0.3) is 0 Å². The molecule has 1 aliphatic heterocycles. The van der Waals surface area contributed by atoms with E-state index in [2.05, 4.69) is 4.90 Å². The minimum Gasteiger partial charge on any atom is -0.339 e. The van der Waals surface area contributed by atoms with Gasteiger partial charge in [-0.05, 0) is 19.1 Å². The lowest BCUT2D eigenvalue weighted by atomic mass is 10.1. The minimum atomic E-state index is -0.470. The summed E-state index contributed by atoms with van der Waals surface area (Å²) < 4.78 is 13.7. The van der Waals surface area contributed by atoms with Gasteiger partial charge in [0.1, 0.15) is 5.82 Å². The molecule has 1 fully saturated rings. The summed E-state index contributed by atoms with van der Waals surface area (Å²) in [5.41, 5.74) is 6.11. The van der Waals surface area contributed by atoms with Crippen molar-refractivity contribution in [2.24, 2.45) is 5.73 Å². The van der Waals surface area contributed by atoms with Crippen LogP contribution in [0.4, 0.5) is 4.39 Å². The average Bonchev–Trinajstić information content (AvgIpc) is 2.43. The smallest absolute Gasteiger partial charge is 0.239 e. The standard InChI is InChI=1S/C14H19ClFN3O/c1-10(17)14(20)19-7-5-18(6-8-19)9-11-12(15)3-2-4-13(11)16/h2-4,10H,5-9,17H2,1H3/t10-/m1/s1. The number of nitrogens with two attached hydrogens (primary N) is 1. The Morgan fingerprint density at radius 3 is 2.60 bits per heavy atom. The van der Waals surface area contributed by atoms with Crippen molar-refractivity contribution in [1.29, 1.82) is 0 Å². The average molecular weight is 300 g/mol. The van der Waals surface area contributed by atoms with Gasteiger partial charge in [-0.2, -0.15) is 0 Å². The highest BCUT2D eigenvalue weighted by atomic mass is 35.5. The van der Waals surface area contributed by atoms with Gasteiger partial charge in [0.05, 0.1) is 6.04 Å². The fraction of sp³-hybridized carbons (Fsp3) is 0.500. The Morgan fingerprint density at radius 1 is 1.40 bits per heavy atom. The molecule has 0 aliphatic carbocycles. The second-order valence-corrected chi connectivity index (χ2v) is 5.50. The van der Waals surface area contributed by atoms with Crippen LogP contribution in [0.15, 0.2) is 18.2 Å². The molecule has 2 rings (SSSR count). The van der Waals surface area contributed by atoms with E-state index in [1.54, 1.807) is 24.0 Å². The molecule has 2 N–H and O–H groups in total. The first-order chi connectivity index (χ1) is 9.49. The SMILES string of the molecule is C[C@@H](N)C(=O)N1CCN(Cc2c(F)cccc2Cl)CC1. The number of halogens is 2. The number of hydrogen-bond donors (Lipinski definition) is 1. The maximum Gasteiger partial charge on any atom is 0.239 e. The van der Waals surface area contributed by atoms with Gasteiger partial charge >= 0.3 is 0 Å². The third kappa shape index (κ3) is 3.48. The molecule has 1 saturated heterocycles. The van der Waals surface area contributed by atoms with E-state index in [1.165, 1.54) is 6.07 Å². The van der Waals surface area contributed by atoms with E-state index in [9.17, 15) is 9.18 Å². The summed E-state index contributed by atoms with van der Waals surface area (Å²) in [5.74, 6) is -0.319. The van der Waals surface area contributed by atoms with Crippen LogP contribution in [0.2, 0.25) is 5.02 Å². The molecule has 1 atom stereocenters. The van der Waals surface area contributed by atoms with Crippen LogP contribution < -0.4 is 5.73 Å². The molecule has 1 aromatic rings. The molecular formula is C14H19ClFN3O. The molecular weight excluding hydrogens is 281 g/mol. The normalized spacial score (nSPS) is 18.1. The van der Waals surface area contributed by atoms with E-state index in [0.717, 1.165) is 0 Å². The first-order valence-electron chi connectivity index (χ1n) is 6.68. The zero-order valence-corrected chi connectivity index (χ0v) is 12.2. The van der Waals surface area contributed by atoms with Crippen LogP contribution in [-0.2, 0) is 11.3 Å². The molecule has 1 heterocycles. The number of rotatable bonds is 3. The maximum atomic E-state index is 13.7. The van der Waals surface area contributed by atoms with Gasteiger partial charge in [0, 0.05) is 43.3 Å². The number of carbonyl (C=O) groups is 1. The van der Waals surface area contributed by atoms with Crippen LogP contribution in [0.25, 0.3) is 0 Å². The van der Waals surface area contributed by atoms with Crippen LogP contribution in [0.1, 0.15) is 12.5 Å². The summed E-state index contributed by atoms with van der Waals surface area (Å²) in [6.45, 7) is 4.78. The first kappa shape index (κ1) is 15.2. The van der Waals surface area contributed by atoms with E-state index in [4.69, 9.17) is 17.3 Å². The summed E-state index contributed by atoms with van der Waals surface area (Å²) in [6, 6.07) is 4.23. The van der Waals surface area contributed by atoms with E-state index in [-0.39, 0.29) is 11.7 Å². The predicted octanol–water partition coefficient (Wildman–Crippen LogP) is 1.47. The third-order valence-corrected chi connectivity index (χ3v) is 3.87. The maximum absolute atomic E-state index is 13.7. The summed E-state index contributed by atoms with van der Waals surface area (Å²) in [6.07, 6.45) is 0. The van der Waals surface area contributed by atoms with Crippen LogP contribution in [0.5, 0.6) is 0 Å². The highest BCUT2D eigenvalue weighted by Crippen LogP contribution is 2.21. The number of nitrogens with zero attached hydrogens (tertiary/aromatic N) is 2. The molecule has 1 aromatic carbocycles. The van der Waals surface area contributed by atoms with Crippen molar-refractivity contribution in [1.82, 2.24) is 9.80 Å². The van der Waals surface area contributed by atoms with Crippen LogP contribution in [-0.4, -0.2) is 47.9 Å². The summed E-state index contributed by atoms with van der Waals surface area (Å²) in [7, 11) is 0. The lowest BCUT2D eigenvalue weighted by molar-refractivity contribution is -0.134. The molecule has 1 amide bonds. The second kappa shape index (κ2) is 6.52. The largest absolute Gasteiger partial charge is 0.339 e. The van der Waals surface area contributed by atoms with Crippen LogP contribution in [0.3, 0.4) is 0 Å². The van der Waals surface area contributed by atoms with E-state index in [1.807, 2.05) is 0 Å². The molecule has 1 aliphatic rings. The Kier molecular flexibility index (Phi) is 4.96. The van der Waals surface area contributed by atoms with Crippen molar-refractivity contribution in [3.63, 3.8) is 0 Å². The molecule has 0 unspecified atom stereocenters. The van der Waals surface area contributed by atoms with Crippen molar-refractivity contribution >= 4 is 17.5 Å². The lowest BCUT2D eigenvalue weighted by Crippen LogP contribution is -2.52. The number of piperazine rings is 1. The molecule has 0 saturated carbocycles. The topological polar surface area (TPSA) is 49.6 Å². The van der Waals surface area contributed by atoms with Gasteiger partial charge < -0.3 is 10.6 Å². The number of amides is 1. The highest BCUT2D eigenvalue weighted by Gasteiger charge is 2.23. The molecule has 0 radical (unpaired) electrons. The third-order valence-electron chi connectivity index (χ3n) is 3.52. The first-order valence-corrected chi connectivity index (χ1v) is 7.06. The number of hydrogen-bond acceptors (Lipinski definition) is 3. The van der Waals surface area contributed by atoms with Crippen molar-refractivity contribution in [2.45, 2.75) is 19.5 Å². The van der Waals surface area contributed by atoms with Crippen LogP contribution >= 0.6 is 11.6 Å². The van der Waals surface area contributed by atoms with Crippen molar-refractivity contribution in [3.8, 4) is 0 Å². The van der Waals surface area contributed by atoms with Gasteiger partial charge in [0.2, 0.25) is 5.91 Å². The van der Waals surface area contributed by atoms with Crippen molar-refractivity contribution < 1.29 is 9.18 Å². The Hall–Kier alpha value is -1.17. The molecule has 0 spiro atoms. The Labute approximate surface area is 123 Å². The molecule has 20 heavy (non-hydrogen) atoms. The summed E-state index contributed by atoms with van der Waals surface area (Å²) in [5, 5.41) is 0.444. The predicted molar refractivity (Wildman–Crippen MR) is 76.9 cm³/mol. The van der Waals surface area contributed by atoms with E-state index in [0.29, 0.717) is 43.3 Å². The van der Waals surface area contributed by atoms with E-state index < -0.39 is 6.04 Å². The molecule has 6 heteroatoms.